The second kappa shape index (κ2) is 3.05. The predicted molar refractivity (Wildman–Crippen MR) is 55.2 cm³/mol. The summed E-state index contributed by atoms with van der Waals surface area (Å²) in [6.07, 6.45) is 5.62. The highest BCUT2D eigenvalue weighted by molar-refractivity contribution is 4.89. The highest BCUT2D eigenvalue weighted by Gasteiger charge is 2.38. The van der Waals surface area contributed by atoms with Gasteiger partial charge in [-0.05, 0) is 36.0 Å². The molecule has 72 valence electrons. The van der Waals surface area contributed by atoms with E-state index in [9.17, 15) is 0 Å². The van der Waals surface area contributed by atoms with E-state index in [1.54, 1.807) is 0 Å². The van der Waals surface area contributed by atoms with Crippen molar-refractivity contribution in [2.75, 3.05) is 0 Å². The third kappa shape index (κ3) is 2.24. The van der Waals surface area contributed by atoms with Crippen molar-refractivity contribution in [2.45, 2.75) is 60.3 Å². The van der Waals surface area contributed by atoms with Crippen LogP contribution < -0.4 is 0 Å². The lowest BCUT2D eigenvalue weighted by molar-refractivity contribution is 0.0582. The number of hydrogen-bond acceptors (Lipinski definition) is 0. The third-order valence-corrected chi connectivity index (χ3v) is 3.50. The maximum absolute atomic E-state index is 2.46. The zero-order valence-electron chi connectivity index (χ0n) is 9.41. The summed E-state index contributed by atoms with van der Waals surface area (Å²) >= 11 is 0. The van der Waals surface area contributed by atoms with Gasteiger partial charge in [-0.1, -0.05) is 41.0 Å². The van der Waals surface area contributed by atoms with Gasteiger partial charge in [0.05, 0.1) is 0 Å². The van der Waals surface area contributed by atoms with Crippen molar-refractivity contribution < 1.29 is 0 Å². The molecule has 1 fully saturated rings. The minimum Gasteiger partial charge on any atom is -0.0649 e. The van der Waals surface area contributed by atoms with Crippen molar-refractivity contribution in [2.24, 2.45) is 16.7 Å². The third-order valence-electron chi connectivity index (χ3n) is 3.50. The van der Waals surface area contributed by atoms with Gasteiger partial charge in [0.1, 0.15) is 0 Å². The molecule has 12 heavy (non-hydrogen) atoms. The molecule has 0 aliphatic heterocycles. The Kier molecular flexibility index (Phi) is 2.56. The molecule has 0 aromatic carbocycles. The van der Waals surface area contributed by atoms with Gasteiger partial charge < -0.3 is 0 Å². The predicted octanol–water partition coefficient (Wildman–Crippen LogP) is 4.25. The van der Waals surface area contributed by atoms with Gasteiger partial charge in [-0.25, -0.2) is 0 Å². The van der Waals surface area contributed by atoms with Crippen molar-refractivity contribution in [3.63, 3.8) is 0 Å². The fourth-order valence-corrected chi connectivity index (χ4v) is 3.43. The molecule has 0 heterocycles. The summed E-state index contributed by atoms with van der Waals surface area (Å²) in [6.45, 7) is 12.1. The fraction of sp³-hybridized carbons (Fsp3) is 1.00. The Morgan fingerprint density at radius 2 is 1.75 bits per heavy atom. The maximum Gasteiger partial charge on any atom is -0.0321 e. The normalized spacial score (nSPS) is 41.2. The van der Waals surface area contributed by atoms with Crippen molar-refractivity contribution in [3.8, 4) is 0 Å². The van der Waals surface area contributed by atoms with Crippen LogP contribution in [0.1, 0.15) is 60.3 Å². The van der Waals surface area contributed by atoms with Crippen LogP contribution in [-0.2, 0) is 0 Å². The van der Waals surface area contributed by atoms with Crippen LogP contribution in [0.4, 0.5) is 0 Å². The van der Waals surface area contributed by atoms with E-state index in [0.29, 0.717) is 10.8 Å². The number of rotatable bonds is 1. The van der Waals surface area contributed by atoms with E-state index in [2.05, 4.69) is 34.6 Å². The molecule has 0 bridgehead atoms. The van der Waals surface area contributed by atoms with E-state index in [1.165, 1.54) is 25.7 Å². The van der Waals surface area contributed by atoms with Gasteiger partial charge in [-0.15, -0.1) is 0 Å². The van der Waals surface area contributed by atoms with Gasteiger partial charge in [0.2, 0.25) is 0 Å². The molecule has 0 N–H and O–H groups in total. The average Bonchev–Trinajstić information content (AvgIpc) is 1.82. The van der Waals surface area contributed by atoms with Crippen LogP contribution >= 0.6 is 0 Å². The standard InChI is InChI=1S/C12H24/c1-6-12(5)8-10(2)7-11(3,4)9-12/h10H,6-9H2,1-5H3/t10?,12-/m1/s1. The lowest BCUT2D eigenvalue weighted by atomic mass is 9.60. The van der Waals surface area contributed by atoms with Gasteiger partial charge in [-0.2, -0.15) is 0 Å². The zero-order chi connectivity index (χ0) is 9.41. The van der Waals surface area contributed by atoms with Gasteiger partial charge in [0.15, 0.2) is 0 Å². The largest absolute Gasteiger partial charge is 0.0649 e. The highest BCUT2D eigenvalue weighted by atomic mass is 14.4. The first-order chi connectivity index (χ1) is 5.37. The molecular formula is C12H24. The molecule has 0 aromatic rings. The summed E-state index contributed by atoms with van der Waals surface area (Å²) in [5.74, 6) is 0.929. The quantitative estimate of drug-likeness (QED) is 0.549. The summed E-state index contributed by atoms with van der Waals surface area (Å²) in [5.41, 5.74) is 1.21. The molecular weight excluding hydrogens is 144 g/mol. The van der Waals surface area contributed by atoms with E-state index >= 15 is 0 Å². The Labute approximate surface area is 77.7 Å². The molecule has 0 radical (unpaired) electrons. The molecule has 2 atom stereocenters. The summed E-state index contributed by atoms with van der Waals surface area (Å²) in [7, 11) is 0. The number of hydrogen-bond donors (Lipinski definition) is 0. The Morgan fingerprint density at radius 3 is 2.17 bits per heavy atom. The summed E-state index contributed by atoms with van der Waals surface area (Å²) in [5, 5.41) is 0. The molecule has 1 aliphatic rings. The van der Waals surface area contributed by atoms with E-state index in [1.807, 2.05) is 0 Å². The lowest BCUT2D eigenvalue weighted by Gasteiger charge is -2.45. The van der Waals surface area contributed by atoms with Crippen LogP contribution in [0.25, 0.3) is 0 Å². The van der Waals surface area contributed by atoms with Gasteiger partial charge in [0, 0.05) is 0 Å². The molecule has 0 saturated heterocycles. The summed E-state index contributed by atoms with van der Waals surface area (Å²) < 4.78 is 0. The van der Waals surface area contributed by atoms with Crippen LogP contribution in [0.3, 0.4) is 0 Å². The van der Waals surface area contributed by atoms with Crippen molar-refractivity contribution in [1.29, 1.82) is 0 Å². The fourth-order valence-electron chi connectivity index (χ4n) is 3.43. The first kappa shape index (κ1) is 10.1. The van der Waals surface area contributed by atoms with Crippen molar-refractivity contribution in [1.82, 2.24) is 0 Å². The van der Waals surface area contributed by atoms with E-state index in [-0.39, 0.29) is 0 Å². The van der Waals surface area contributed by atoms with Crippen LogP contribution in [0.15, 0.2) is 0 Å². The SMILES string of the molecule is CC[C@]1(C)CC(C)CC(C)(C)C1. The topological polar surface area (TPSA) is 0 Å². The molecule has 1 aliphatic carbocycles. The summed E-state index contributed by atoms with van der Waals surface area (Å²) in [4.78, 5) is 0. The molecule has 1 rings (SSSR count). The molecule has 1 saturated carbocycles. The van der Waals surface area contributed by atoms with Crippen LogP contribution in [0.5, 0.6) is 0 Å². The van der Waals surface area contributed by atoms with Crippen molar-refractivity contribution >= 4 is 0 Å². The van der Waals surface area contributed by atoms with Gasteiger partial charge >= 0.3 is 0 Å². The van der Waals surface area contributed by atoms with Crippen LogP contribution in [0, 0.1) is 16.7 Å². The first-order valence-corrected chi connectivity index (χ1v) is 5.37. The highest BCUT2D eigenvalue weighted by Crippen LogP contribution is 2.49. The zero-order valence-corrected chi connectivity index (χ0v) is 9.41. The lowest BCUT2D eigenvalue weighted by Crippen LogP contribution is -2.34. The van der Waals surface area contributed by atoms with E-state index in [4.69, 9.17) is 0 Å². The van der Waals surface area contributed by atoms with E-state index < -0.39 is 0 Å². The molecule has 0 aromatic heterocycles. The van der Waals surface area contributed by atoms with Crippen molar-refractivity contribution in [3.05, 3.63) is 0 Å². The Balaban J connectivity index is 2.70. The minimum absolute atomic E-state index is 0.586. The average molecular weight is 168 g/mol. The monoisotopic (exact) mass is 168 g/mol. The molecule has 0 heteroatoms. The molecule has 1 unspecified atom stereocenters. The van der Waals surface area contributed by atoms with Crippen LogP contribution in [0.2, 0.25) is 0 Å². The Morgan fingerprint density at radius 1 is 1.17 bits per heavy atom. The Bertz CT molecular complexity index is 157. The van der Waals surface area contributed by atoms with Crippen LogP contribution in [-0.4, -0.2) is 0 Å². The minimum atomic E-state index is 0.586. The second-order valence-electron chi connectivity index (χ2n) is 6.02. The molecule has 0 nitrogen and oxygen atoms in total. The molecule has 0 amide bonds. The smallest absolute Gasteiger partial charge is 0.0321 e. The first-order valence-electron chi connectivity index (χ1n) is 5.37. The van der Waals surface area contributed by atoms with Gasteiger partial charge in [0.25, 0.3) is 0 Å². The van der Waals surface area contributed by atoms with E-state index in [0.717, 1.165) is 5.92 Å². The Hall–Kier alpha value is 0. The van der Waals surface area contributed by atoms with Gasteiger partial charge in [-0.3, -0.25) is 0 Å². The second-order valence-corrected chi connectivity index (χ2v) is 6.02. The summed E-state index contributed by atoms with van der Waals surface area (Å²) in [6, 6.07) is 0. The molecule has 0 spiro atoms. The maximum atomic E-state index is 2.46.